The van der Waals surface area contributed by atoms with Gasteiger partial charge in [0.05, 0.1) is 6.54 Å². The Labute approximate surface area is 116 Å². The molecule has 1 fully saturated rings. The number of methoxy groups -OCH3 is 1. The number of amides is 1. The van der Waals surface area contributed by atoms with E-state index in [2.05, 4.69) is 5.32 Å². The molecule has 0 radical (unpaired) electrons. The fraction of sp³-hybridized carbons (Fsp3) is 0.917. The van der Waals surface area contributed by atoms with E-state index in [1.807, 2.05) is 0 Å². The third-order valence-corrected chi connectivity index (χ3v) is 3.31. The number of hydrogen-bond donors (Lipinski definition) is 2. The molecule has 0 aliphatic carbocycles. The topological polar surface area (TPSA) is 61.8 Å². The van der Waals surface area contributed by atoms with Crippen LogP contribution in [0.4, 0.5) is 13.2 Å². The molecule has 1 aliphatic rings. The fourth-order valence-electron chi connectivity index (χ4n) is 2.31. The average Bonchev–Trinajstić information content (AvgIpc) is 2.80. The third-order valence-electron chi connectivity index (χ3n) is 3.31. The number of alkyl halides is 3. The zero-order valence-corrected chi connectivity index (χ0v) is 11.4. The van der Waals surface area contributed by atoms with Crippen LogP contribution < -0.4 is 5.32 Å². The number of nitrogens with one attached hydrogen (secondary N) is 1. The van der Waals surface area contributed by atoms with Crippen molar-refractivity contribution in [1.29, 1.82) is 0 Å². The summed E-state index contributed by atoms with van der Waals surface area (Å²) in [5.41, 5.74) is 0. The van der Waals surface area contributed by atoms with E-state index in [1.54, 1.807) is 7.11 Å². The van der Waals surface area contributed by atoms with E-state index >= 15 is 0 Å². The molecule has 1 amide bonds. The standard InChI is InChI=1S/C12H21F3N2O3/c1-20-7-3-5-16-10(18)8-17-6-2-4-9(17)11(19)12(13,14)15/h9,11,19H,2-8H2,1H3,(H,16,18)/t9-,11-/m1/s1. The van der Waals surface area contributed by atoms with Crippen molar-refractivity contribution in [1.82, 2.24) is 10.2 Å². The number of rotatable bonds is 7. The van der Waals surface area contributed by atoms with Crippen molar-refractivity contribution in [2.45, 2.75) is 37.6 Å². The highest BCUT2D eigenvalue weighted by Gasteiger charge is 2.47. The Balaban J connectivity index is 2.40. The van der Waals surface area contributed by atoms with Gasteiger partial charge in [0.1, 0.15) is 0 Å². The first kappa shape index (κ1) is 17.2. The molecular formula is C12H21F3N2O3. The summed E-state index contributed by atoms with van der Waals surface area (Å²) in [6.07, 6.45) is -5.60. The molecule has 0 aromatic rings. The number of hydrogen-bond acceptors (Lipinski definition) is 4. The molecule has 1 heterocycles. The van der Waals surface area contributed by atoms with Crippen molar-refractivity contribution in [3.63, 3.8) is 0 Å². The van der Waals surface area contributed by atoms with Crippen LogP contribution in [0, 0.1) is 0 Å². The van der Waals surface area contributed by atoms with E-state index in [4.69, 9.17) is 4.74 Å². The fourth-order valence-corrected chi connectivity index (χ4v) is 2.31. The first-order chi connectivity index (χ1) is 9.36. The molecule has 2 N–H and O–H groups in total. The van der Waals surface area contributed by atoms with Crippen LogP contribution in [0.5, 0.6) is 0 Å². The van der Waals surface area contributed by atoms with Gasteiger partial charge in [-0.1, -0.05) is 0 Å². The summed E-state index contributed by atoms with van der Waals surface area (Å²) in [4.78, 5) is 13.0. The first-order valence-electron chi connectivity index (χ1n) is 6.60. The Morgan fingerprint density at radius 1 is 1.55 bits per heavy atom. The van der Waals surface area contributed by atoms with Crippen molar-refractivity contribution >= 4 is 5.91 Å². The summed E-state index contributed by atoms with van der Waals surface area (Å²) in [5, 5.41) is 11.9. The number of halogens is 3. The predicted molar refractivity (Wildman–Crippen MR) is 66.2 cm³/mol. The van der Waals surface area contributed by atoms with Crippen molar-refractivity contribution in [3.05, 3.63) is 0 Å². The molecule has 8 heteroatoms. The van der Waals surface area contributed by atoms with Crippen LogP contribution in [-0.2, 0) is 9.53 Å². The van der Waals surface area contributed by atoms with Gasteiger partial charge in [-0.2, -0.15) is 13.2 Å². The summed E-state index contributed by atoms with van der Waals surface area (Å²) in [6.45, 7) is 1.21. The smallest absolute Gasteiger partial charge is 0.385 e. The quantitative estimate of drug-likeness (QED) is 0.673. The molecule has 0 aromatic carbocycles. The van der Waals surface area contributed by atoms with Crippen molar-refractivity contribution < 1.29 is 27.8 Å². The molecule has 5 nitrogen and oxygen atoms in total. The number of aliphatic hydroxyl groups is 1. The van der Waals surface area contributed by atoms with Crippen molar-refractivity contribution in [3.8, 4) is 0 Å². The molecule has 1 saturated heterocycles. The van der Waals surface area contributed by atoms with Gasteiger partial charge in [-0.05, 0) is 25.8 Å². The van der Waals surface area contributed by atoms with Gasteiger partial charge >= 0.3 is 6.18 Å². The SMILES string of the molecule is COCCCNC(=O)CN1CCC[C@@H]1[C@@H](O)C(F)(F)F. The summed E-state index contributed by atoms with van der Waals surface area (Å²) in [5.74, 6) is -0.331. The van der Waals surface area contributed by atoms with E-state index in [0.29, 0.717) is 32.5 Å². The molecule has 0 bridgehead atoms. The second-order valence-corrected chi connectivity index (χ2v) is 4.86. The Hall–Kier alpha value is -0.860. The van der Waals surface area contributed by atoms with Gasteiger partial charge in [-0.25, -0.2) is 0 Å². The van der Waals surface area contributed by atoms with Gasteiger partial charge in [0, 0.05) is 26.3 Å². The maximum atomic E-state index is 12.5. The maximum Gasteiger partial charge on any atom is 0.415 e. The van der Waals surface area contributed by atoms with Crippen LogP contribution >= 0.6 is 0 Å². The maximum absolute atomic E-state index is 12.5. The molecule has 1 aliphatic heterocycles. The summed E-state index contributed by atoms with van der Waals surface area (Å²) in [7, 11) is 1.55. The lowest BCUT2D eigenvalue weighted by Gasteiger charge is -2.29. The molecule has 20 heavy (non-hydrogen) atoms. The van der Waals surface area contributed by atoms with E-state index in [-0.39, 0.29) is 18.9 Å². The van der Waals surface area contributed by atoms with Gasteiger partial charge in [0.15, 0.2) is 6.10 Å². The largest absolute Gasteiger partial charge is 0.415 e. The molecule has 2 atom stereocenters. The first-order valence-corrected chi connectivity index (χ1v) is 6.60. The second-order valence-electron chi connectivity index (χ2n) is 4.86. The normalized spacial score (nSPS) is 21.9. The van der Waals surface area contributed by atoms with E-state index in [1.165, 1.54) is 4.90 Å². The number of nitrogens with zero attached hydrogens (tertiary/aromatic N) is 1. The minimum Gasteiger partial charge on any atom is -0.385 e. The Morgan fingerprint density at radius 3 is 2.85 bits per heavy atom. The highest BCUT2D eigenvalue weighted by atomic mass is 19.4. The lowest BCUT2D eigenvalue weighted by Crippen LogP contribution is -2.49. The lowest BCUT2D eigenvalue weighted by molar-refractivity contribution is -0.219. The number of ether oxygens (including phenoxy) is 1. The molecule has 0 unspecified atom stereocenters. The summed E-state index contributed by atoms with van der Waals surface area (Å²) in [6, 6.07) is -1.03. The molecule has 118 valence electrons. The Bertz CT molecular complexity index is 313. The van der Waals surface area contributed by atoms with Crippen LogP contribution in [0.15, 0.2) is 0 Å². The van der Waals surface area contributed by atoms with Gasteiger partial charge < -0.3 is 15.2 Å². The molecule has 0 spiro atoms. The Morgan fingerprint density at radius 2 is 2.25 bits per heavy atom. The van der Waals surface area contributed by atoms with Crippen LogP contribution in [0.3, 0.4) is 0 Å². The molecule has 0 saturated carbocycles. The van der Waals surface area contributed by atoms with Crippen LogP contribution in [0.25, 0.3) is 0 Å². The Kier molecular flexibility index (Phi) is 6.70. The van der Waals surface area contributed by atoms with Crippen LogP contribution in [0.2, 0.25) is 0 Å². The molecule has 1 rings (SSSR count). The van der Waals surface area contributed by atoms with Crippen LogP contribution in [0.1, 0.15) is 19.3 Å². The summed E-state index contributed by atoms with van der Waals surface area (Å²) < 4.78 is 42.3. The third kappa shape index (κ3) is 5.26. The highest BCUT2D eigenvalue weighted by molar-refractivity contribution is 5.78. The summed E-state index contributed by atoms with van der Waals surface area (Å²) >= 11 is 0. The lowest BCUT2D eigenvalue weighted by atomic mass is 10.1. The number of likely N-dealkylation sites (tertiary alicyclic amines) is 1. The van der Waals surface area contributed by atoms with Crippen molar-refractivity contribution in [2.24, 2.45) is 0 Å². The second kappa shape index (κ2) is 7.80. The van der Waals surface area contributed by atoms with Gasteiger partial charge in [0.2, 0.25) is 5.91 Å². The monoisotopic (exact) mass is 298 g/mol. The van der Waals surface area contributed by atoms with Gasteiger partial charge in [0.25, 0.3) is 0 Å². The number of carbonyl (C=O) groups is 1. The number of aliphatic hydroxyl groups excluding tert-OH is 1. The predicted octanol–water partition coefficient (Wildman–Crippen LogP) is 0.527. The zero-order valence-electron chi connectivity index (χ0n) is 11.4. The van der Waals surface area contributed by atoms with E-state index < -0.39 is 18.3 Å². The average molecular weight is 298 g/mol. The van der Waals surface area contributed by atoms with E-state index in [0.717, 1.165) is 0 Å². The van der Waals surface area contributed by atoms with Gasteiger partial charge in [-0.15, -0.1) is 0 Å². The molecular weight excluding hydrogens is 277 g/mol. The van der Waals surface area contributed by atoms with Crippen LogP contribution in [-0.4, -0.2) is 67.6 Å². The van der Waals surface area contributed by atoms with E-state index in [9.17, 15) is 23.1 Å². The minimum absolute atomic E-state index is 0.120. The van der Waals surface area contributed by atoms with Crippen molar-refractivity contribution in [2.75, 3.05) is 33.4 Å². The molecule has 0 aromatic heterocycles. The minimum atomic E-state index is -4.65. The number of carbonyl (C=O) groups excluding carboxylic acids is 1. The highest BCUT2D eigenvalue weighted by Crippen LogP contribution is 2.30. The zero-order chi connectivity index (χ0) is 15.2. The van der Waals surface area contributed by atoms with Gasteiger partial charge in [-0.3, -0.25) is 9.69 Å².